The van der Waals surface area contributed by atoms with E-state index in [2.05, 4.69) is 0 Å². The Balaban J connectivity index is 3.22. The predicted octanol–water partition coefficient (Wildman–Crippen LogP) is 3.31. The lowest BCUT2D eigenvalue weighted by atomic mass is 9.84. The van der Waals surface area contributed by atoms with Crippen molar-refractivity contribution in [1.29, 1.82) is 0 Å². The van der Waals surface area contributed by atoms with Crippen LogP contribution in [0.15, 0.2) is 12.1 Å². The fourth-order valence-electron chi connectivity index (χ4n) is 1.68. The molecule has 1 rings (SSSR count). The van der Waals surface area contributed by atoms with Gasteiger partial charge in [0.05, 0.1) is 0 Å². The van der Waals surface area contributed by atoms with E-state index in [1.807, 2.05) is 33.8 Å². The van der Waals surface area contributed by atoms with Gasteiger partial charge in [0.25, 0.3) is 0 Å². The quantitative estimate of drug-likeness (QED) is 0.806. The highest BCUT2D eigenvalue weighted by atomic mass is 35.5. The average molecular weight is 241 g/mol. The minimum absolute atomic E-state index is 0.113. The molecule has 16 heavy (non-hydrogen) atoms. The van der Waals surface area contributed by atoms with E-state index in [-0.39, 0.29) is 17.6 Å². The Morgan fingerprint density at radius 1 is 1.38 bits per heavy atom. The maximum absolute atomic E-state index is 10.8. The summed E-state index contributed by atoms with van der Waals surface area (Å²) in [5, 5.41) is 9.50. The zero-order chi connectivity index (χ0) is 12.5. The Hall–Kier alpha value is -1.02. The number of halogens is 1. The molecule has 0 atom stereocenters. The SMILES string of the molecule is Cc1cc(C(C)(C)C)c(O)cc1CC(=O)Cl. The fourth-order valence-corrected chi connectivity index (χ4v) is 1.82. The molecule has 2 nitrogen and oxygen atoms in total. The van der Waals surface area contributed by atoms with Gasteiger partial charge in [-0.3, -0.25) is 4.79 Å². The fraction of sp³-hybridized carbons (Fsp3) is 0.462. The first-order valence-corrected chi connectivity index (χ1v) is 5.61. The molecule has 0 unspecified atom stereocenters. The van der Waals surface area contributed by atoms with Gasteiger partial charge in [0, 0.05) is 6.42 Å². The van der Waals surface area contributed by atoms with Crippen molar-refractivity contribution in [1.82, 2.24) is 0 Å². The number of carbonyl (C=O) groups is 1. The molecule has 0 aliphatic rings. The molecule has 0 aromatic heterocycles. The summed E-state index contributed by atoms with van der Waals surface area (Å²) in [5.74, 6) is 0.228. The number of benzene rings is 1. The number of rotatable bonds is 2. The molecule has 0 radical (unpaired) electrons. The highest BCUT2D eigenvalue weighted by molar-refractivity contribution is 6.63. The smallest absolute Gasteiger partial charge is 0.226 e. The molecule has 0 aliphatic carbocycles. The van der Waals surface area contributed by atoms with Gasteiger partial charge in [-0.1, -0.05) is 26.8 Å². The predicted molar refractivity (Wildman–Crippen MR) is 66.1 cm³/mol. The van der Waals surface area contributed by atoms with E-state index in [1.54, 1.807) is 6.07 Å². The van der Waals surface area contributed by atoms with Crippen LogP contribution in [0.2, 0.25) is 0 Å². The highest BCUT2D eigenvalue weighted by Crippen LogP contribution is 2.33. The van der Waals surface area contributed by atoms with E-state index < -0.39 is 5.24 Å². The summed E-state index contributed by atoms with van der Waals surface area (Å²) in [5.41, 5.74) is 2.54. The van der Waals surface area contributed by atoms with Crippen molar-refractivity contribution < 1.29 is 9.90 Å². The van der Waals surface area contributed by atoms with Gasteiger partial charge in [-0.25, -0.2) is 0 Å². The third kappa shape index (κ3) is 2.99. The number of hydrogen-bond acceptors (Lipinski definition) is 2. The summed E-state index contributed by atoms with van der Waals surface area (Å²) in [4.78, 5) is 10.8. The molecule has 0 saturated carbocycles. The van der Waals surface area contributed by atoms with Gasteiger partial charge in [0.15, 0.2) is 0 Å². The molecule has 0 amide bonds. The van der Waals surface area contributed by atoms with Crippen LogP contribution in [0.4, 0.5) is 0 Å². The molecule has 0 spiro atoms. The monoisotopic (exact) mass is 240 g/mol. The van der Waals surface area contributed by atoms with Crippen molar-refractivity contribution in [3.8, 4) is 5.75 Å². The first-order chi connectivity index (χ1) is 7.21. The molecule has 1 aromatic carbocycles. The van der Waals surface area contributed by atoms with Crippen LogP contribution in [0.1, 0.15) is 37.5 Å². The normalized spacial score (nSPS) is 11.6. The molecule has 0 fully saturated rings. The average Bonchev–Trinajstić information content (AvgIpc) is 2.07. The summed E-state index contributed by atoms with van der Waals surface area (Å²) < 4.78 is 0. The summed E-state index contributed by atoms with van der Waals surface area (Å²) in [6, 6.07) is 3.56. The Bertz CT molecular complexity index is 417. The number of aryl methyl sites for hydroxylation is 1. The minimum atomic E-state index is -0.411. The van der Waals surface area contributed by atoms with E-state index in [1.165, 1.54) is 0 Å². The van der Waals surface area contributed by atoms with Crippen molar-refractivity contribution in [2.75, 3.05) is 0 Å². The Morgan fingerprint density at radius 2 is 1.94 bits per heavy atom. The zero-order valence-corrected chi connectivity index (χ0v) is 10.9. The second-order valence-corrected chi connectivity index (χ2v) is 5.50. The van der Waals surface area contributed by atoms with Crippen LogP contribution >= 0.6 is 11.6 Å². The number of phenols is 1. The molecular weight excluding hydrogens is 224 g/mol. The largest absolute Gasteiger partial charge is 0.508 e. The molecule has 1 N–H and O–H groups in total. The topological polar surface area (TPSA) is 37.3 Å². The van der Waals surface area contributed by atoms with Crippen LogP contribution in [-0.4, -0.2) is 10.3 Å². The van der Waals surface area contributed by atoms with Crippen LogP contribution in [0.5, 0.6) is 5.75 Å². The molecule has 0 saturated heterocycles. The van der Waals surface area contributed by atoms with Crippen LogP contribution in [0, 0.1) is 6.92 Å². The Morgan fingerprint density at radius 3 is 2.38 bits per heavy atom. The van der Waals surface area contributed by atoms with Gasteiger partial charge < -0.3 is 5.11 Å². The molecule has 0 bridgehead atoms. The number of aromatic hydroxyl groups is 1. The maximum atomic E-state index is 10.8. The van der Waals surface area contributed by atoms with Gasteiger partial charge in [-0.15, -0.1) is 0 Å². The maximum Gasteiger partial charge on any atom is 0.226 e. The van der Waals surface area contributed by atoms with Crippen LogP contribution in [0.25, 0.3) is 0 Å². The molecule has 0 aliphatic heterocycles. The van der Waals surface area contributed by atoms with Crippen molar-refractivity contribution in [3.05, 3.63) is 28.8 Å². The Labute approximate surface area is 101 Å². The van der Waals surface area contributed by atoms with E-state index in [4.69, 9.17) is 11.6 Å². The van der Waals surface area contributed by atoms with E-state index >= 15 is 0 Å². The van der Waals surface area contributed by atoms with Crippen LogP contribution in [-0.2, 0) is 16.6 Å². The summed E-state index contributed by atoms with van der Waals surface area (Å²) in [6.45, 7) is 8.03. The third-order valence-corrected chi connectivity index (χ3v) is 2.73. The van der Waals surface area contributed by atoms with Crippen molar-refractivity contribution in [2.24, 2.45) is 0 Å². The second-order valence-electron chi connectivity index (χ2n) is 5.08. The lowest BCUT2D eigenvalue weighted by Gasteiger charge is -2.22. The van der Waals surface area contributed by atoms with Gasteiger partial charge in [0.1, 0.15) is 5.75 Å². The van der Waals surface area contributed by atoms with Crippen molar-refractivity contribution in [2.45, 2.75) is 39.5 Å². The number of hydrogen-bond donors (Lipinski definition) is 1. The summed E-state index contributed by atoms with van der Waals surface area (Å²) >= 11 is 5.35. The molecule has 0 heterocycles. The molecule has 88 valence electrons. The lowest BCUT2D eigenvalue weighted by Crippen LogP contribution is -2.12. The standard InChI is InChI=1S/C13H17ClO2/c1-8-5-10(13(2,3)4)11(15)6-9(8)7-12(14)16/h5-6,15H,7H2,1-4H3. The van der Waals surface area contributed by atoms with Crippen molar-refractivity contribution in [3.63, 3.8) is 0 Å². The first kappa shape index (κ1) is 13.0. The zero-order valence-electron chi connectivity index (χ0n) is 10.1. The van der Waals surface area contributed by atoms with E-state index in [0.29, 0.717) is 0 Å². The van der Waals surface area contributed by atoms with Gasteiger partial charge >= 0.3 is 0 Å². The Kier molecular flexibility index (Phi) is 3.64. The van der Waals surface area contributed by atoms with Gasteiger partial charge in [-0.2, -0.15) is 0 Å². The van der Waals surface area contributed by atoms with Crippen molar-refractivity contribution >= 4 is 16.8 Å². The van der Waals surface area contributed by atoms with E-state index in [0.717, 1.165) is 16.7 Å². The summed E-state index contributed by atoms with van der Waals surface area (Å²) in [7, 11) is 0. The van der Waals surface area contributed by atoms with Crippen LogP contribution < -0.4 is 0 Å². The molecule has 1 aromatic rings. The number of carbonyl (C=O) groups excluding carboxylic acids is 1. The second kappa shape index (κ2) is 4.46. The van der Waals surface area contributed by atoms with Crippen LogP contribution in [0.3, 0.4) is 0 Å². The highest BCUT2D eigenvalue weighted by Gasteiger charge is 2.19. The number of phenolic OH excluding ortho intramolecular Hbond substituents is 1. The third-order valence-electron chi connectivity index (χ3n) is 2.59. The summed E-state index contributed by atoms with van der Waals surface area (Å²) in [6.07, 6.45) is 0.158. The van der Waals surface area contributed by atoms with Gasteiger partial charge in [-0.05, 0) is 46.7 Å². The lowest BCUT2D eigenvalue weighted by molar-refractivity contribution is -0.111. The first-order valence-electron chi connectivity index (χ1n) is 5.23. The van der Waals surface area contributed by atoms with E-state index in [9.17, 15) is 9.90 Å². The van der Waals surface area contributed by atoms with Gasteiger partial charge in [0.2, 0.25) is 5.24 Å². The molecular formula is C13H17ClO2. The molecule has 3 heteroatoms. The minimum Gasteiger partial charge on any atom is -0.508 e.